The molecular weight excluding hydrogens is 178 g/mol. The maximum absolute atomic E-state index is 11.7. The summed E-state index contributed by atoms with van der Waals surface area (Å²) in [7, 11) is 1.59. The second-order valence-corrected chi connectivity index (χ2v) is 4.42. The van der Waals surface area contributed by atoms with Gasteiger partial charge in [-0.2, -0.15) is 0 Å². The number of amides is 2. The van der Waals surface area contributed by atoms with Crippen molar-refractivity contribution in [3.8, 4) is 0 Å². The van der Waals surface area contributed by atoms with E-state index in [1.54, 1.807) is 7.05 Å². The zero-order valence-corrected chi connectivity index (χ0v) is 8.83. The van der Waals surface area contributed by atoms with E-state index in [1.807, 2.05) is 0 Å². The highest BCUT2D eigenvalue weighted by Gasteiger charge is 2.47. The lowest BCUT2D eigenvalue weighted by Gasteiger charge is -2.23. The smallest absolute Gasteiger partial charge is 0.233 e. The number of hydrogen-bond acceptors (Lipinski definition) is 2. The van der Waals surface area contributed by atoms with E-state index in [2.05, 4.69) is 13.8 Å². The molecule has 0 saturated carbocycles. The summed E-state index contributed by atoms with van der Waals surface area (Å²) in [6.45, 7) is 4.11. The predicted octanol–water partition coefficient (Wildman–Crippen LogP) is 1.35. The van der Waals surface area contributed by atoms with Crippen molar-refractivity contribution in [1.29, 1.82) is 0 Å². The number of imide groups is 1. The number of likely N-dealkylation sites (tertiary alicyclic amines) is 1. The van der Waals surface area contributed by atoms with E-state index in [1.165, 1.54) is 16.0 Å². The lowest BCUT2D eigenvalue weighted by Crippen LogP contribution is -2.26. The van der Waals surface area contributed by atoms with Crippen LogP contribution in [0.3, 0.4) is 0 Å². The lowest BCUT2D eigenvalue weighted by molar-refractivity contribution is -0.138. The van der Waals surface area contributed by atoms with Crippen molar-refractivity contribution in [2.24, 2.45) is 11.8 Å². The average molecular weight is 193 g/mol. The molecular formula is C11H15NO2. The van der Waals surface area contributed by atoms with E-state index in [0.717, 1.165) is 12.8 Å². The van der Waals surface area contributed by atoms with Crippen LogP contribution in [0.25, 0.3) is 0 Å². The first-order chi connectivity index (χ1) is 6.52. The van der Waals surface area contributed by atoms with Gasteiger partial charge in [0.05, 0.1) is 11.8 Å². The highest BCUT2D eigenvalue weighted by molar-refractivity contribution is 6.05. The zero-order chi connectivity index (χ0) is 10.5. The summed E-state index contributed by atoms with van der Waals surface area (Å²) in [4.78, 5) is 24.7. The van der Waals surface area contributed by atoms with Crippen LogP contribution in [-0.4, -0.2) is 23.8 Å². The number of nitrogens with zero attached hydrogens (tertiary/aromatic N) is 1. The molecule has 0 aromatic carbocycles. The molecule has 0 unspecified atom stereocenters. The zero-order valence-electron chi connectivity index (χ0n) is 8.83. The first-order valence-electron chi connectivity index (χ1n) is 4.99. The fourth-order valence-corrected chi connectivity index (χ4v) is 2.42. The third kappa shape index (κ3) is 1.11. The van der Waals surface area contributed by atoms with Gasteiger partial charge in [-0.1, -0.05) is 11.1 Å². The van der Waals surface area contributed by atoms with Crippen LogP contribution in [0.2, 0.25) is 0 Å². The number of hydrogen-bond donors (Lipinski definition) is 0. The van der Waals surface area contributed by atoms with Crippen LogP contribution in [-0.2, 0) is 9.59 Å². The van der Waals surface area contributed by atoms with Gasteiger partial charge >= 0.3 is 0 Å². The largest absolute Gasteiger partial charge is 0.285 e. The first kappa shape index (κ1) is 9.44. The Morgan fingerprint density at radius 3 is 1.71 bits per heavy atom. The summed E-state index contributed by atoms with van der Waals surface area (Å²) >= 11 is 0. The van der Waals surface area contributed by atoms with Crippen molar-refractivity contribution >= 4 is 11.8 Å². The molecule has 0 bridgehead atoms. The molecule has 3 heteroatoms. The van der Waals surface area contributed by atoms with Crippen LogP contribution >= 0.6 is 0 Å². The molecule has 2 aliphatic rings. The van der Waals surface area contributed by atoms with Crippen molar-refractivity contribution in [1.82, 2.24) is 4.90 Å². The SMILES string of the molecule is CC1=C(C)C[C@H]2C(=O)N(C)C(=O)[C@H]2C1. The maximum atomic E-state index is 11.7. The van der Waals surface area contributed by atoms with E-state index in [4.69, 9.17) is 0 Å². The second-order valence-electron chi connectivity index (χ2n) is 4.42. The molecule has 0 N–H and O–H groups in total. The number of rotatable bonds is 0. The maximum Gasteiger partial charge on any atom is 0.233 e. The Morgan fingerprint density at radius 2 is 1.36 bits per heavy atom. The Labute approximate surface area is 83.8 Å². The van der Waals surface area contributed by atoms with E-state index in [0.29, 0.717) is 0 Å². The number of allylic oxidation sites excluding steroid dienone is 2. The lowest BCUT2D eigenvalue weighted by atomic mass is 9.78. The Balaban J connectivity index is 2.34. The monoisotopic (exact) mass is 193 g/mol. The van der Waals surface area contributed by atoms with Gasteiger partial charge in [-0.25, -0.2) is 0 Å². The Kier molecular flexibility index (Phi) is 1.98. The normalized spacial score (nSPS) is 32.6. The molecule has 1 fully saturated rings. The highest BCUT2D eigenvalue weighted by Crippen LogP contribution is 2.39. The van der Waals surface area contributed by atoms with Crippen LogP contribution in [0.4, 0.5) is 0 Å². The molecule has 1 saturated heterocycles. The van der Waals surface area contributed by atoms with Crippen molar-refractivity contribution in [3.63, 3.8) is 0 Å². The summed E-state index contributed by atoms with van der Waals surface area (Å²) in [6.07, 6.45) is 1.54. The van der Waals surface area contributed by atoms with Gasteiger partial charge in [0, 0.05) is 7.05 Å². The van der Waals surface area contributed by atoms with E-state index >= 15 is 0 Å². The Hall–Kier alpha value is -1.12. The van der Waals surface area contributed by atoms with E-state index in [-0.39, 0.29) is 23.7 Å². The van der Waals surface area contributed by atoms with Crippen molar-refractivity contribution in [2.75, 3.05) is 7.05 Å². The molecule has 2 atom stereocenters. The first-order valence-corrected chi connectivity index (χ1v) is 4.99. The Bertz CT molecular complexity index is 311. The molecule has 3 nitrogen and oxygen atoms in total. The van der Waals surface area contributed by atoms with Crippen LogP contribution in [0.1, 0.15) is 26.7 Å². The fourth-order valence-electron chi connectivity index (χ4n) is 2.42. The minimum atomic E-state index is -0.0730. The molecule has 0 aromatic heterocycles. The third-order valence-electron chi connectivity index (χ3n) is 3.56. The molecule has 14 heavy (non-hydrogen) atoms. The minimum Gasteiger partial charge on any atom is -0.285 e. The quantitative estimate of drug-likeness (QED) is 0.430. The molecule has 1 aliphatic carbocycles. The molecule has 76 valence electrons. The van der Waals surface area contributed by atoms with Gasteiger partial charge < -0.3 is 0 Å². The molecule has 2 rings (SSSR count). The van der Waals surface area contributed by atoms with Gasteiger partial charge in [0.25, 0.3) is 0 Å². The van der Waals surface area contributed by atoms with Crippen LogP contribution in [0.15, 0.2) is 11.1 Å². The van der Waals surface area contributed by atoms with Gasteiger partial charge in [0.1, 0.15) is 0 Å². The van der Waals surface area contributed by atoms with E-state index < -0.39 is 0 Å². The summed E-state index contributed by atoms with van der Waals surface area (Å²) in [5, 5.41) is 0. The Morgan fingerprint density at radius 1 is 1.00 bits per heavy atom. The molecule has 1 heterocycles. The number of fused-ring (bicyclic) bond motifs is 1. The van der Waals surface area contributed by atoms with Crippen LogP contribution in [0, 0.1) is 11.8 Å². The third-order valence-corrected chi connectivity index (χ3v) is 3.56. The average Bonchev–Trinajstić information content (AvgIpc) is 2.34. The van der Waals surface area contributed by atoms with Gasteiger partial charge in [-0.3, -0.25) is 14.5 Å². The van der Waals surface area contributed by atoms with Gasteiger partial charge in [0.15, 0.2) is 0 Å². The second kappa shape index (κ2) is 2.94. The van der Waals surface area contributed by atoms with Crippen molar-refractivity contribution in [2.45, 2.75) is 26.7 Å². The van der Waals surface area contributed by atoms with Gasteiger partial charge in [-0.05, 0) is 26.7 Å². The molecule has 2 amide bonds. The molecule has 0 radical (unpaired) electrons. The summed E-state index contributed by atoms with van der Waals surface area (Å²) < 4.78 is 0. The summed E-state index contributed by atoms with van der Waals surface area (Å²) in [5.74, 6) is -0.133. The van der Waals surface area contributed by atoms with Crippen molar-refractivity contribution < 1.29 is 9.59 Å². The van der Waals surface area contributed by atoms with Gasteiger partial charge in [0.2, 0.25) is 11.8 Å². The molecule has 1 aliphatic heterocycles. The van der Waals surface area contributed by atoms with Gasteiger partial charge in [-0.15, -0.1) is 0 Å². The number of carbonyl (C=O) groups excluding carboxylic acids is 2. The van der Waals surface area contributed by atoms with Crippen LogP contribution in [0.5, 0.6) is 0 Å². The highest BCUT2D eigenvalue weighted by atomic mass is 16.2. The number of carbonyl (C=O) groups is 2. The minimum absolute atomic E-state index is 0.00634. The molecule has 0 spiro atoms. The van der Waals surface area contributed by atoms with Crippen molar-refractivity contribution in [3.05, 3.63) is 11.1 Å². The predicted molar refractivity (Wildman–Crippen MR) is 52.4 cm³/mol. The standard InChI is InChI=1S/C11H15NO2/c1-6-4-8-9(5-7(6)2)11(14)12(3)10(8)13/h8-9H,4-5H2,1-3H3/t8-,9+. The summed E-state index contributed by atoms with van der Waals surface area (Å²) in [5.41, 5.74) is 2.56. The van der Waals surface area contributed by atoms with Crippen LogP contribution < -0.4 is 0 Å². The molecule has 0 aromatic rings. The fraction of sp³-hybridized carbons (Fsp3) is 0.636. The van der Waals surface area contributed by atoms with E-state index in [9.17, 15) is 9.59 Å². The topological polar surface area (TPSA) is 37.4 Å². The summed E-state index contributed by atoms with van der Waals surface area (Å²) in [6, 6.07) is 0.